The quantitative estimate of drug-likeness (QED) is 0.653. The molecule has 1 aliphatic heterocycles. The molecule has 0 aliphatic carbocycles. The van der Waals surface area contributed by atoms with E-state index in [-0.39, 0.29) is 16.8 Å². The van der Waals surface area contributed by atoms with E-state index in [1.807, 2.05) is 4.90 Å². The number of hydrogen-bond donors (Lipinski definition) is 1. The molecule has 0 saturated carbocycles. The minimum absolute atomic E-state index is 0.0199. The smallest absolute Gasteiger partial charge is 0.276 e. The van der Waals surface area contributed by atoms with Crippen LogP contribution in [0.3, 0.4) is 0 Å². The standard InChI is InChI=1S/C23H26N4O4S/c1-15-12-16(2)14-26(13-15)22(29)17-8-4-5-9-18(17)24-21(28)20-19-10-6-7-11-27(19)23(25-20)32(3,30)31/h4-11,15-16H,12-14H2,1-3H3,(H,24,28). The number of nitrogens with one attached hydrogen (secondary N) is 1. The molecule has 32 heavy (non-hydrogen) atoms. The maximum Gasteiger partial charge on any atom is 0.276 e. The van der Waals surface area contributed by atoms with Gasteiger partial charge in [-0.2, -0.15) is 0 Å². The molecule has 1 aliphatic rings. The lowest BCUT2D eigenvalue weighted by Gasteiger charge is -2.35. The highest BCUT2D eigenvalue weighted by Crippen LogP contribution is 2.26. The predicted molar refractivity (Wildman–Crippen MR) is 122 cm³/mol. The lowest BCUT2D eigenvalue weighted by atomic mass is 9.91. The van der Waals surface area contributed by atoms with Crippen molar-refractivity contribution in [1.82, 2.24) is 14.3 Å². The van der Waals surface area contributed by atoms with Crippen molar-refractivity contribution < 1.29 is 18.0 Å². The molecule has 2 amide bonds. The maximum atomic E-state index is 13.3. The average molecular weight is 455 g/mol. The number of rotatable bonds is 4. The Bertz CT molecular complexity index is 1290. The first kappa shape index (κ1) is 22.0. The molecule has 1 aromatic carbocycles. The third kappa shape index (κ3) is 4.25. The van der Waals surface area contributed by atoms with Crippen molar-refractivity contribution in [1.29, 1.82) is 0 Å². The summed E-state index contributed by atoms with van der Waals surface area (Å²) >= 11 is 0. The average Bonchev–Trinajstić information content (AvgIpc) is 3.13. The van der Waals surface area contributed by atoms with Gasteiger partial charge in [0.1, 0.15) is 0 Å². The lowest BCUT2D eigenvalue weighted by Crippen LogP contribution is -2.42. The number of nitrogens with zero attached hydrogens (tertiary/aromatic N) is 3. The van der Waals surface area contributed by atoms with Gasteiger partial charge in [0, 0.05) is 25.5 Å². The molecule has 0 spiro atoms. The second kappa shape index (κ2) is 8.38. The SMILES string of the molecule is CC1CC(C)CN(C(=O)c2ccccc2NC(=O)c2nc(S(C)(=O)=O)n3ccccc23)C1. The number of benzene rings is 1. The molecule has 1 N–H and O–H groups in total. The molecule has 3 aromatic rings. The molecule has 2 atom stereocenters. The number of pyridine rings is 1. The summed E-state index contributed by atoms with van der Waals surface area (Å²) in [5, 5.41) is 2.56. The summed E-state index contributed by atoms with van der Waals surface area (Å²) in [5.74, 6) is 0.113. The number of imidazole rings is 1. The third-order valence-electron chi connectivity index (χ3n) is 5.62. The van der Waals surface area contributed by atoms with Gasteiger partial charge in [0.05, 0.1) is 16.8 Å². The van der Waals surface area contributed by atoms with Crippen molar-refractivity contribution in [3.63, 3.8) is 0 Å². The van der Waals surface area contributed by atoms with Crippen LogP contribution < -0.4 is 5.32 Å². The Balaban J connectivity index is 1.67. The fourth-order valence-electron chi connectivity index (χ4n) is 4.40. The molecule has 0 bridgehead atoms. The van der Waals surface area contributed by atoms with Crippen LogP contribution in [0.15, 0.2) is 53.8 Å². The van der Waals surface area contributed by atoms with E-state index in [1.165, 1.54) is 4.40 Å². The summed E-state index contributed by atoms with van der Waals surface area (Å²) in [6, 6.07) is 11.8. The van der Waals surface area contributed by atoms with Gasteiger partial charge in [0.25, 0.3) is 11.8 Å². The first-order chi connectivity index (χ1) is 15.1. The molecule has 9 heteroatoms. The maximum absolute atomic E-state index is 13.3. The van der Waals surface area contributed by atoms with Crippen molar-refractivity contribution in [3.8, 4) is 0 Å². The number of para-hydroxylation sites is 1. The van der Waals surface area contributed by atoms with E-state index in [0.29, 0.717) is 41.7 Å². The molecule has 3 heterocycles. The van der Waals surface area contributed by atoms with Gasteiger partial charge in [-0.3, -0.25) is 14.0 Å². The van der Waals surface area contributed by atoms with Crippen LogP contribution in [-0.2, 0) is 9.84 Å². The minimum atomic E-state index is -3.65. The molecule has 168 valence electrons. The number of likely N-dealkylation sites (tertiary alicyclic amines) is 1. The normalized spacial score (nSPS) is 19.2. The van der Waals surface area contributed by atoms with Gasteiger partial charge in [-0.25, -0.2) is 13.4 Å². The Hall–Kier alpha value is -3.20. The minimum Gasteiger partial charge on any atom is -0.338 e. The first-order valence-electron chi connectivity index (χ1n) is 10.5. The monoisotopic (exact) mass is 454 g/mol. The van der Waals surface area contributed by atoms with Crippen LogP contribution in [0.4, 0.5) is 5.69 Å². The Morgan fingerprint density at radius 2 is 1.69 bits per heavy atom. The van der Waals surface area contributed by atoms with Gasteiger partial charge in [-0.1, -0.05) is 32.0 Å². The summed E-state index contributed by atoms with van der Waals surface area (Å²) < 4.78 is 25.7. The third-order valence-corrected chi connectivity index (χ3v) is 6.58. The van der Waals surface area contributed by atoms with Gasteiger partial charge in [0.15, 0.2) is 5.69 Å². The van der Waals surface area contributed by atoms with Crippen molar-refractivity contribution in [2.24, 2.45) is 11.8 Å². The zero-order valence-electron chi connectivity index (χ0n) is 18.3. The van der Waals surface area contributed by atoms with Crippen LogP contribution in [0.1, 0.15) is 41.1 Å². The van der Waals surface area contributed by atoms with Gasteiger partial charge in [0.2, 0.25) is 15.0 Å². The van der Waals surface area contributed by atoms with Gasteiger partial charge in [-0.05, 0) is 42.5 Å². The molecule has 0 radical (unpaired) electrons. The largest absolute Gasteiger partial charge is 0.338 e. The number of hydrogen-bond acceptors (Lipinski definition) is 5. The van der Waals surface area contributed by atoms with E-state index < -0.39 is 15.7 Å². The Morgan fingerprint density at radius 1 is 1.03 bits per heavy atom. The Morgan fingerprint density at radius 3 is 2.38 bits per heavy atom. The van der Waals surface area contributed by atoms with Crippen LogP contribution in [0.25, 0.3) is 5.52 Å². The number of carbonyl (C=O) groups is 2. The highest BCUT2D eigenvalue weighted by atomic mass is 32.2. The Kier molecular flexibility index (Phi) is 5.77. The van der Waals surface area contributed by atoms with E-state index in [1.54, 1.807) is 48.7 Å². The van der Waals surface area contributed by atoms with E-state index >= 15 is 0 Å². The number of aromatic nitrogens is 2. The number of sulfone groups is 1. The highest BCUT2D eigenvalue weighted by molar-refractivity contribution is 7.90. The molecule has 1 saturated heterocycles. The first-order valence-corrected chi connectivity index (χ1v) is 12.4. The molecule has 8 nitrogen and oxygen atoms in total. The van der Waals surface area contributed by atoms with E-state index in [2.05, 4.69) is 24.1 Å². The second-order valence-corrected chi connectivity index (χ2v) is 10.5. The van der Waals surface area contributed by atoms with Crippen molar-refractivity contribution in [2.75, 3.05) is 24.7 Å². The number of piperidine rings is 1. The summed E-state index contributed by atoms with van der Waals surface area (Å²) in [4.78, 5) is 32.3. The predicted octanol–water partition coefficient (Wildman–Crippen LogP) is 3.11. The van der Waals surface area contributed by atoms with Crippen LogP contribution in [0, 0.1) is 11.8 Å². The highest BCUT2D eigenvalue weighted by Gasteiger charge is 2.28. The van der Waals surface area contributed by atoms with Crippen LogP contribution in [0.5, 0.6) is 0 Å². The number of amides is 2. The molecular formula is C23H26N4O4S. The number of fused-ring (bicyclic) bond motifs is 1. The zero-order valence-corrected chi connectivity index (χ0v) is 19.1. The summed E-state index contributed by atoms with van der Waals surface area (Å²) in [6.07, 6.45) is 3.68. The molecule has 2 unspecified atom stereocenters. The summed E-state index contributed by atoms with van der Waals surface area (Å²) in [7, 11) is -3.65. The lowest BCUT2D eigenvalue weighted by molar-refractivity contribution is 0.0624. The topological polar surface area (TPSA) is 101 Å². The van der Waals surface area contributed by atoms with Crippen LogP contribution in [0.2, 0.25) is 0 Å². The van der Waals surface area contributed by atoms with E-state index in [9.17, 15) is 18.0 Å². The van der Waals surface area contributed by atoms with Gasteiger partial charge < -0.3 is 10.2 Å². The van der Waals surface area contributed by atoms with Crippen LogP contribution in [-0.4, -0.2) is 53.9 Å². The fourth-order valence-corrected chi connectivity index (χ4v) is 5.17. The fraction of sp³-hybridized carbons (Fsp3) is 0.348. The molecule has 1 fully saturated rings. The zero-order chi connectivity index (χ0) is 23.0. The molecular weight excluding hydrogens is 428 g/mol. The molecule has 4 rings (SSSR count). The van der Waals surface area contributed by atoms with Crippen molar-refractivity contribution in [3.05, 3.63) is 59.9 Å². The van der Waals surface area contributed by atoms with Crippen molar-refractivity contribution in [2.45, 2.75) is 25.4 Å². The van der Waals surface area contributed by atoms with E-state index in [0.717, 1.165) is 12.7 Å². The van der Waals surface area contributed by atoms with Gasteiger partial charge >= 0.3 is 0 Å². The molecule has 2 aromatic heterocycles. The summed E-state index contributed by atoms with van der Waals surface area (Å²) in [5.41, 5.74) is 1.11. The second-order valence-electron chi connectivity index (χ2n) is 8.63. The summed E-state index contributed by atoms with van der Waals surface area (Å²) in [6.45, 7) is 5.61. The number of anilines is 1. The van der Waals surface area contributed by atoms with Crippen LogP contribution >= 0.6 is 0 Å². The van der Waals surface area contributed by atoms with Gasteiger partial charge in [-0.15, -0.1) is 0 Å². The van der Waals surface area contributed by atoms with Crippen molar-refractivity contribution >= 4 is 32.9 Å². The Labute approximate surface area is 187 Å². The van der Waals surface area contributed by atoms with E-state index in [4.69, 9.17) is 0 Å². The number of carbonyl (C=O) groups excluding carboxylic acids is 2.